The van der Waals surface area contributed by atoms with Gasteiger partial charge in [-0.3, -0.25) is 14.0 Å². The number of pyridine rings is 1. The summed E-state index contributed by atoms with van der Waals surface area (Å²) in [6.45, 7) is 0. The molecule has 1 aromatic heterocycles. The molecule has 4 nitrogen and oxygen atoms in total. The highest BCUT2D eigenvalue weighted by Crippen LogP contribution is 2.18. The lowest BCUT2D eigenvalue weighted by Gasteiger charge is -2.07. The van der Waals surface area contributed by atoms with Gasteiger partial charge in [-0.1, -0.05) is 22.0 Å². The third-order valence-corrected chi connectivity index (χ3v) is 5.68. The topological polar surface area (TPSA) is 59.1 Å². The summed E-state index contributed by atoms with van der Waals surface area (Å²) in [5, 5.41) is 3.87. The number of anilines is 1. The van der Waals surface area contributed by atoms with Crippen LogP contribution in [0.15, 0.2) is 70.2 Å². The van der Waals surface area contributed by atoms with E-state index in [4.69, 9.17) is 0 Å². The van der Waals surface area contributed by atoms with E-state index in [-0.39, 0.29) is 5.91 Å². The lowest BCUT2D eigenvalue weighted by atomic mass is 10.2. The van der Waals surface area contributed by atoms with Crippen molar-refractivity contribution in [2.75, 3.05) is 11.1 Å². The number of rotatable bonds is 6. The Labute approximate surface area is 157 Å². The molecule has 6 heteroatoms. The molecule has 3 rings (SSSR count). The van der Waals surface area contributed by atoms with Crippen molar-refractivity contribution in [3.63, 3.8) is 0 Å². The SMILES string of the molecule is O=C(CCCS(=O)c1ccc(Br)cc1)Nc1ccc2ncccc2c1. The molecule has 0 bridgehead atoms. The molecule has 0 aliphatic heterocycles. The van der Waals surface area contributed by atoms with Crippen molar-refractivity contribution in [1.29, 1.82) is 0 Å². The lowest BCUT2D eigenvalue weighted by Crippen LogP contribution is -2.12. The number of nitrogens with one attached hydrogen (secondary N) is 1. The molecule has 1 amide bonds. The largest absolute Gasteiger partial charge is 0.326 e. The van der Waals surface area contributed by atoms with Gasteiger partial charge in [0.1, 0.15) is 0 Å². The number of amides is 1. The Morgan fingerprint density at radius 2 is 1.92 bits per heavy atom. The Kier molecular flexibility index (Phi) is 5.94. The molecule has 0 saturated heterocycles. The van der Waals surface area contributed by atoms with Gasteiger partial charge in [0, 0.05) is 38.8 Å². The molecule has 0 fully saturated rings. The van der Waals surface area contributed by atoms with Crippen molar-refractivity contribution in [2.24, 2.45) is 0 Å². The van der Waals surface area contributed by atoms with E-state index < -0.39 is 10.8 Å². The molecule has 0 aliphatic carbocycles. The van der Waals surface area contributed by atoms with Crippen LogP contribution in [0.25, 0.3) is 10.9 Å². The predicted molar refractivity (Wildman–Crippen MR) is 105 cm³/mol. The van der Waals surface area contributed by atoms with Gasteiger partial charge in [0.05, 0.1) is 16.3 Å². The first-order chi connectivity index (χ1) is 12.1. The minimum atomic E-state index is -1.08. The summed E-state index contributed by atoms with van der Waals surface area (Å²) < 4.78 is 13.2. The van der Waals surface area contributed by atoms with Crippen LogP contribution in [-0.4, -0.2) is 20.9 Å². The number of benzene rings is 2. The van der Waals surface area contributed by atoms with Gasteiger partial charge in [0.2, 0.25) is 5.91 Å². The highest BCUT2D eigenvalue weighted by molar-refractivity contribution is 9.10. The minimum absolute atomic E-state index is 0.0731. The summed E-state index contributed by atoms with van der Waals surface area (Å²) in [5.41, 5.74) is 1.64. The average Bonchev–Trinajstić information content (AvgIpc) is 2.62. The quantitative estimate of drug-likeness (QED) is 0.642. The number of halogens is 1. The second-order valence-electron chi connectivity index (χ2n) is 5.57. The van der Waals surface area contributed by atoms with Crippen LogP contribution in [0.4, 0.5) is 5.69 Å². The molecule has 2 aromatic carbocycles. The summed E-state index contributed by atoms with van der Waals surface area (Å²) in [4.78, 5) is 17.1. The molecule has 0 spiro atoms. The van der Waals surface area contributed by atoms with Gasteiger partial charge in [-0.2, -0.15) is 0 Å². The van der Waals surface area contributed by atoms with Crippen LogP contribution < -0.4 is 5.32 Å². The molecule has 1 N–H and O–H groups in total. The van der Waals surface area contributed by atoms with Gasteiger partial charge < -0.3 is 5.32 Å². The minimum Gasteiger partial charge on any atom is -0.326 e. The maximum absolute atomic E-state index is 12.2. The number of fused-ring (bicyclic) bond motifs is 1. The molecule has 3 aromatic rings. The summed E-state index contributed by atoms with van der Waals surface area (Å²) in [7, 11) is -1.08. The molecule has 25 heavy (non-hydrogen) atoms. The first-order valence-electron chi connectivity index (χ1n) is 7.90. The summed E-state index contributed by atoms with van der Waals surface area (Å²) in [6.07, 6.45) is 2.66. The van der Waals surface area contributed by atoms with E-state index in [0.717, 1.165) is 26.0 Å². The van der Waals surface area contributed by atoms with E-state index >= 15 is 0 Å². The fourth-order valence-corrected chi connectivity index (χ4v) is 3.79. The van der Waals surface area contributed by atoms with E-state index in [1.54, 1.807) is 6.20 Å². The van der Waals surface area contributed by atoms with E-state index in [9.17, 15) is 9.00 Å². The smallest absolute Gasteiger partial charge is 0.224 e. The number of carbonyl (C=O) groups is 1. The normalized spacial score (nSPS) is 12.0. The van der Waals surface area contributed by atoms with Gasteiger partial charge in [-0.25, -0.2) is 0 Å². The van der Waals surface area contributed by atoms with E-state index in [1.165, 1.54) is 0 Å². The zero-order chi connectivity index (χ0) is 17.6. The van der Waals surface area contributed by atoms with Crippen molar-refractivity contribution in [3.05, 3.63) is 65.3 Å². The van der Waals surface area contributed by atoms with Gasteiger partial charge in [0.25, 0.3) is 0 Å². The average molecular weight is 417 g/mol. The highest BCUT2D eigenvalue weighted by atomic mass is 79.9. The fraction of sp³-hybridized carbons (Fsp3) is 0.158. The Bertz CT molecular complexity index is 913. The Morgan fingerprint density at radius 1 is 1.12 bits per heavy atom. The monoisotopic (exact) mass is 416 g/mol. The summed E-state index contributed by atoms with van der Waals surface area (Å²) >= 11 is 3.36. The van der Waals surface area contributed by atoms with E-state index in [0.29, 0.717) is 18.6 Å². The van der Waals surface area contributed by atoms with Crippen LogP contribution in [-0.2, 0) is 15.6 Å². The Hall–Kier alpha value is -2.05. The second-order valence-corrected chi connectivity index (χ2v) is 8.05. The lowest BCUT2D eigenvalue weighted by molar-refractivity contribution is -0.116. The first-order valence-corrected chi connectivity index (χ1v) is 10.0. The van der Waals surface area contributed by atoms with Crippen LogP contribution in [0.3, 0.4) is 0 Å². The molecule has 0 aliphatic rings. The summed E-state index contributed by atoms with van der Waals surface area (Å²) in [5.74, 6) is 0.396. The molecule has 0 saturated carbocycles. The van der Waals surface area contributed by atoms with Crippen molar-refractivity contribution >= 4 is 49.2 Å². The van der Waals surface area contributed by atoms with E-state index in [1.807, 2.05) is 54.6 Å². The van der Waals surface area contributed by atoms with Crippen molar-refractivity contribution in [3.8, 4) is 0 Å². The summed E-state index contributed by atoms with van der Waals surface area (Å²) in [6, 6.07) is 16.9. The second kappa shape index (κ2) is 8.36. The number of aromatic nitrogens is 1. The van der Waals surface area contributed by atoms with Crippen LogP contribution in [0.5, 0.6) is 0 Å². The van der Waals surface area contributed by atoms with Gasteiger partial charge >= 0.3 is 0 Å². The third kappa shape index (κ3) is 4.96. The van der Waals surface area contributed by atoms with Crippen LogP contribution in [0.1, 0.15) is 12.8 Å². The molecule has 1 heterocycles. The van der Waals surface area contributed by atoms with Crippen LogP contribution in [0.2, 0.25) is 0 Å². The number of nitrogens with zero attached hydrogens (tertiary/aromatic N) is 1. The maximum Gasteiger partial charge on any atom is 0.224 e. The predicted octanol–water partition coefficient (Wildman–Crippen LogP) is 4.52. The maximum atomic E-state index is 12.2. The van der Waals surface area contributed by atoms with Crippen LogP contribution in [0, 0.1) is 0 Å². The first kappa shape index (κ1) is 17.8. The zero-order valence-corrected chi connectivity index (χ0v) is 15.8. The molecule has 128 valence electrons. The Balaban J connectivity index is 1.50. The van der Waals surface area contributed by atoms with Crippen LogP contribution >= 0.6 is 15.9 Å². The zero-order valence-electron chi connectivity index (χ0n) is 13.4. The fourth-order valence-electron chi connectivity index (χ4n) is 2.44. The standard InChI is InChI=1S/C19H17BrN2O2S/c20-15-5-8-17(9-6-15)25(24)12-2-4-19(23)22-16-7-10-18-14(13-16)3-1-11-21-18/h1,3,5-11,13H,2,4,12H2,(H,22,23). The highest BCUT2D eigenvalue weighted by Gasteiger charge is 2.07. The van der Waals surface area contributed by atoms with Gasteiger partial charge in [0.15, 0.2) is 0 Å². The molecular weight excluding hydrogens is 400 g/mol. The van der Waals surface area contributed by atoms with Gasteiger partial charge in [-0.15, -0.1) is 0 Å². The third-order valence-electron chi connectivity index (χ3n) is 3.70. The molecular formula is C19H17BrN2O2S. The van der Waals surface area contributed by atoms with Crippen molar-refractivity contribution < 1.29 is 9.00 Å². The Morgan fingerprint density at radius 3 is 2.72 bits per heavy atom. The molecule has 0 radical (unpaired) electrons. The number of hydrogen-bond donors (Lipinski definition) is 1. The van der Waals surface area contributed by atoms with Crippen molar-refractivity contribution in [1.82, 2.24) is 4.98 Å². The number of hydrogen-bond acceptors (Lipinski definition) is 3. The van der Waals surface area contributed by atoms with Crippen molar-refractivity contribution in [2.45, 2.75) is 17.7 Å². The molecule has 1 unspecified atom stereocenters. The molecule has 1 atom stereocenters. The van der Waals surface area contributed by atoms with Gasteiger partial charge in [-0.05, 0) is 55.0 Å². The van der Waals surface area contributed by atoms with E-state index in [2.05, 4.69) is 26.2 Å². The number of carbonyl (C=O) groups excluding carboxylic acids is 1.